The van der Waals surface area contributed by atoms with Gasteiger partial charge in [-0.1, -0.05) is 12.2 Å². The Labute approximate surface area is 126 Å². The van der Waals surface area contributed by atoms with Gasteiger partial charge in [0.2, 0.25) is 0 Å². The molecule has 2 atom stereocenters. The highest BCUT2D eigenvalue weighted by Crippen LogP contribution is 2.33. The number of aliphatic hydroxyl groups is 1. The lowest BCUT2D eigenvalue weighted by molar-refractivity contribution is -0.117. The number of carbonyl (C=O) groups is 1. The number of hydrogen-bond donors (Lipinski definition) is 4. The summed E-state index contributed by atoms with van der Waals surface area (Å²) in [6.45, 7) is 6.03. The van der Waals surface area contributed by atoms with Crippen molar-refractivity contribution in [2.75, 3.05) is 26.7 Å². The molecular weight excluding hydrogens is 274 g/mol. The summed E-state index contributed by atoms with van der Waals surface area (Å²) < 4.78 is 0. The summed E-state index contributed by atoms with van der Waals surface area (Å²) in [6.07, 6.45) is 2.47. The van der Waals surface area contributed by atoms with Crippen LogP contribution in [0.5, 0.6) is 0 Å². The third kappa shape index (κ3) is 4.63. The lowest BCUT2D eigenvalue weighted by Gasteiger charge is -2.47. The molecule has 1 unspecified atom stereocenters. The molecule has 0 bridgehead atoms. The molecule has 0 spiro atoms. The molecule has 0 radical (unpaired) electrons. The summed E-state index contributed by atoms with van der Waals surface area (Å²) in [5, 5.41) is 19.5. The molecule has 1 aliphatic rings. The molecule has 1 aliphatic heterocycles. The molecule has 1 rings (SSSR count). The maximum Gasteiger partial charge on any atom is 0.123 e. The van der Waals surface area contributed by atoms with Gasteiger partial charge in [0.25, 0.3) is 0 Å². The number of allylic oxidation sites excluding steroid dienone is 1. The molecule has 20 heavy (non-hydrogen) atoms. The Hall–Kier alpha value is -0.820. The van der Waals surface area contributed by atoms with E-state index < -0.39 is 6.10 Å². The Morgan fingerprint density at radius 3 is 2.55 bits per heavy atom. The summed E-state index contributed by atoms with van der Waals surface area (Å²) in [7, 11) is 1.88. The third-order valence-electron chi connectivity index (χ3n) is 3.74. The minimum atomic E-state index is -0.651. The van der Waals surface area contributed by atoms with Crippen LogP contribution in [0.25, 0.3) is 0 Å². The van der Waals surface area contributed by atoms with Crippen molar-refractivity contribution in [3.05, 3.63) is 11.8 Å². The van der Waals surface area contributed by atoms with Gasteiger partial charge in [0.1, 0.15) is 6.29 Å². The van der Waals surface area contributed by atoms with E-state index in [1.165, 1.54) is 0 Å². The fraction of sp³-hybridized carbons (Fsp3) is 0.714. The van der Waals surface area contributed by atoms with E-state index in [-0.39, 0.29) is 11.3 Å². The van der Waals surface area contributed by atoms with Crippen LogP contribution in [0.4, 0.5) is 0 Å². The van der Waals surface area contributed by atoms with E-state index >= 15 is 0 Å². The first kappa shape index (κ1) is 17.2. The standard InChI is InChI=1S/C14H25N3O2S/c1-10(17-11(2)20)4-13(19)5-12(6-18)14(7-15-3)8-16-9-14/h4,6,12-13,15-16,19H,5,7-9H2,1-3H3,(H,17,20)/b10-4+/t12-,13?/m0/s1. The van der Waals surface area contributed by atoms with Gasteiger partial charge in [-0.15, -0.1) is 0 Å². The molecule has 0 aromatic heterocycles. The summed E-state index contributed by atoms with van der Waals surface area (Å²) in [6, 6.07) is 0. The van der Waals surface area contributed by atoms with Crippen molar-refractivity contribution in [1.29, 1.82) is 0 Å². The second-order valence-electron chi connectivity index (χ2n) is 5.57. The van der Waals surface area contributed by atoms with Gasteiger partial charge in [-0.05, 0) is 33.4 Å². The van der Waals surface area contributed by atoms with Gasteiger partial charge in [-0.2, -0.15) is 0 Å². The smallest absolute Gasteiger partial charge is 0.123 e. The summed E-state index contributed by atoms with van der Waals surface area (Å²) in [5.74, 6) is -0.163. The van der Waals surface area contributed by atoms with Crippen molar-refractivity contribution in [3.63, 3.8) is 0 Å². The highest BCUT2D eigenvalue weighted by Gasteiger charge is 2.43. The molecule has 1 heterocycles. The van der Waals surface area contributed by atoms with E-state index in [9.17, 15) is 9.90 Å². The molecular formula is C14H25N3O2S. The second kappa shape index (κ2) is 7.83. The van der Waals surface area contributed by atoms with Crippen molar-refractivity contribution >= 4 is 23.5 Å². The van der Waals surface area contributed by atoms with Crippen LogP contribution in [0, 0.1) is 11.3 Å². The average molecular weight is 299 g/mol. The minimum absolute atomic E-state index is 0.0767. The lowest BCUT2D eigenvalue weighted by atomic mass is 9.69. The number of carbonyl (C=O) groups excluding carboxylic acids is 1. The summed E-state index contributed by atoms with van der Waals surface area (Å²) in [4.78, 5) is 12.1. The SMILES string of the molecule is CNCC1([C@H](C=O)CC(O)/C=C(\C)NC(C)=S)CNC1. The number of rotatable bonds is 8. The van der Waals surface area contributed by atoms with Crippen LogP contribution in [0.15, 0.2) is 11.8 Å². The van der Waals surface area contributed by atoms with Crippen LogP contribution in [0.2, 0.25) is 0 Å². The second-order valence-corrected chi connectivity index (χ2v) is 6.19. The van der Waals surface area contributed by atoms with E-state index in [0.29, 0.717) is 11.4 Å². The molecule has 0 aromatic carbocycles. The van der Waals surface area contributed by atoms with Gasteiger partial charge in [0.15, 0.2) is 0 Å². The quantitative estimate of drug-likeness (QED) is 0.379. The largest absolute Gasteiger partial charge is 0.389 e. The Morgan fingerprint density at radius 1 is 1.50 bits per heavy atom. The number of aliphatic hydroxyl groups excluding tert-OH is 1. The van der Waals surface area contributed by atoms with Gasteiger partial charge in [-0.3, -0.25) is 0 Å². The zero-order valence-electron chi connectivity index (χ0n) is 12.4. The Kier molecular flexibility index (Phi) is 6.75. The minimum Gasteiger partial charge on any atom is -0.389 e. The lowest BCUT2D eigenvalue weighted by Crippen LogP contribution is -2.62. The first-order valence-corrected chi connectivity index (χ1v) is 7.29. The van der Waals surface area contributed by atoms with Crippen LogP contribution >= 0.6 is 12.2 Å². The third-order valence-corrected chi connectivity index (χ3v) is 3.85. The number of thiocarbonyl (C=S) groups is 1. The monoisotopic (exact) mass is 299 g/mol. The average Bonchev–Trinajstić information content (AvgIpc) is 2.30. The van der Waals surface area contributed by atoms with E-state index in [1.54, 1.807) is 13.0 Å². The fourth-order valence-corrected chi connectivity index (χ4v) is 2.86. The van der Waals surface area contributed by atoms with E-state index in [1.807, 2.05) is 14.0 Å². The predicted molar refractivity (Wildman–Crippen MR) is 84.6 cm³/mol. The molecule has 1 saturated heterocycles. The summed E-state index contributed by atoms with van der Waals surface area (Å²) >= 11 is 4.95. The number of aldehydes is 1. The van der Waals surface area contributed by atoms with Gasteiger partial charge in [0, 0.05) is 36.7 Å². The first-order chi connectivity index (χ1) is 9.43. The molecule has 5 nitrogen and oxygen atoms in total. The number of hydrogen-bond acceptors (Lipinski definition) is 5. The Bertz CT molecular complexity index is 381. The van der Waals surface area contributed by atoms with Crippen molar-refractivity contribution in [2.45, 2.75) is 26.4 Å². The topological polar surface area (TPSA) is 73.4 Å². The summed E-state index contributed by atoms with van der Waals surface area (Å²) in [5.41, 5.74) is 0.733. The van der Waals surface area contributed by atoms with Crippen molar-refractivity contribution in [2.24, 2.45) is 11.3 Å². The van der Waals surface area contributed by atoms with E-state index in [2.05, 4.69) is 16.0 Å². The van der Waals surface area contributed by atoms with Crippen molar-refractivity contribution < 1.29 is 9.90 Å². The van der Waals surface area contributed by atoms with Gasteiger partial charge >= 0.3 is 0 Å². The van der Waals surface area contributed by atoms with Gasteiger partial charge < -0.3 is 25.9 Å². The molecule has 1 fully saturated rings. The highest BCUT2D eigenvalue weighted by molar-refractivity contribution is 7.80. The van der Waals surface area contributed by atoms with E-state index in [0.717, 1.165) is 31.6 Å². The molecule has 4 N–H and O–H groups in total. The number of nitrogens with one attached hydrogen (secondary N) is 3. The zero-order chi connectivity index (χ0) is 15.2. The van der Waals surface area contributed by atoms with Gasteiger partial charge in [-0.25, -0.2) is 0 Å². The molecule has 6 heteroatoms. The van der Waals surface area contributed by atoms with Crippen LogP contribution in [0.1, 0.15) is 20.3 Å². The van der Waals surface area contributed by atoms with Crippen LogP contribution in [-0.2, 0) is 4.79 Å². The molecule has 0 aromatic rings. The molecule has 0 saturated carbocycles. The maximum absolute atomic E-state index is 11.4. The Morgan fingerprint density at radius 2 is 2.15 bits per heavy atom. The van der Waals surface area contributed by atoms with Gasteiger partial charge in [0.05, 0.1) is 11.1 Å². The fourth-order valence-electron chi connectivity index (χ4n) is 2.70. The van der Waals surface area contributed by atoms with Crippen LogP contribution in [0.3, 0.4) is 0 Å². The maximum atomic E-state index is 11.4. The van der Waals surface area contributed by atoms with Crippen LogP contribution in [-0.4, -0.2) is 49.2 Å². The van der Waals surface area contributed by atoms with Crippen molar-refractivity contribution in [1.82, 2.24) is 16.0 Å². The van der Waals surface area contributed by atoms with E-state index in [4.69, 9.17) is 12.2 Å². The first-order valence-electron chi connectivity index (χ1n) is 6.88. The molecule has 0 aliphatic carbocycles. The molecule has 0 amide bonds. The normalized spacial score (nSPS) is 20.7. The van der Waals surface area contributed by atoms with Crippen molar-refractivity contribution in [3.8, 4) is 0 Å². The molecule has 114 valence electrons. The highest BCUT2D eigenvalue weighted by atomic mass is 32.1. The Balaban J connectivity index is 2.63. The zero-order valence-corrected chi connectivity index (χ0v) is 13.2. The van der Waals surface area contributed by atoms with Crippen LogP contribution < -0.4 is 16.0 Å². The predicted octanol–water partition coefficient (Wildman–Crippen LogP) is 0.202.